The third-order valence-electron chi connectivity index (χ3n) is 4.38. The molecule has 0 saturated carbocycles. The zero-order valence-electron chi connectivity index (χ0n) is 15.7. The minimum Gasteiger partial charge on any atom is -0.508 e. The van der Waals surface area contributed by atoms with Crippen LogP contribution in [0.4, 0.5) is 4.39 Å². The summed E-state index contributed by atoms with van der Waals surface area (Å²) in [6, 6.07) is 11.7. The van der Waals surface area contributed by atoms with E-state index in [1.54, 1.807) is 49.6 Å². The van der Waals surface area contributed by atoms with Gasteiger partial charge in [0.25, 0.3) is 0 Å². The third kappa shape index (κ3) is 5.24. The van der Waals surface area contributed by atoms with Crippen LogP contribution in [0.15, 0.2) is 60.9 Å². The van der Waals surface area contributed by atoms with Crippen LogP contribution >= 0.6 is 0 Å². The number of benzene rings is 2. The summed E-state index contributed by atoms with van der Waals surface area (Å²) in [5, 5.41) is 18.6. The van der Waals surface area contributed by atoms with Crippen LogP contribution in [0.2, 0.25) is 0 Å². The molecular weight excluding hydrogens is 355 g/mol. The molecule has 0 aliphatic heterocycles. The minimum absolute atomic E-state index is 0.180. The highest BCUT2D eigenvalue weighted by Crippen LogP contribution is 2.25. The molecule has 0 amide bonds. The molecule has 1 unspecified atom stereocenters. The number of aliphatic hydroxyl groups excluding tert-OH is 1. The standard InChI is InChI=1S/C23H23FN2O2/c1-16(27)5-3-2-4-6-17-7-12-21(22(24)13-17)19-14-25-23(26-15-19)18-8-10-20(28)11-9-18/h4,6-16,27-28H,2-3,5H2,1H3. The second-order valence-corrected chi connectivity index (χ2v) is 6.76. The molecule has 0 aliphatic carbocycles. The molecule has 144 valence electrons. The summed E-state index contributed by atoms with van der Waals surface area (Å²) >= 11 is 0. The molecule has 2 aromatic carbocycles. The first kappa shape index (κ1) is 19.7. The fourth-order valence-electron chi connectivity index (χ4n) is 2.85. The minimum atomic E-state index is -0.327. The van der Waals surface area contributed by atoms with Crippen molar-refractivity contribution in [3.8, 4) is 28.3 Å². The summed E-state index contributed by atoms with van der Waals surface area (Å²) < 4.78 is 14.5. The Labute approximate surface area is 164 Å². The van der Waals surface area contributed by atoms with E-state index >= 15 is 0 Å². The molecule has 1 aromatic heterocycles. The van der Waals surface area contributed by atoms with Gasteiger partial charge in [0.1, 0.15) is 11.6 Å². The highest BCUT2D eigenvalue weighted by Gasteiger charge is 2.08. The van der Waals surface area contributed by atoms with E-state index < -0.39 is 0 Å². The van der Waals surface area contributed by atoms with Gasteiger partial charge in [-0.3, -0.25) is 0 Å². The van der Waals surface area contributed by atoms with Crippen molar-refractivity contribution < 1.29 is 14.6 Å². The van der Waals surface area contributed by atoms with Crippen molar-refractivity contribution in [3.05, 3.63) is 72.3 Å². The van der Waals surface area contributed by atoms with E-state index in [0.717, 1.165) is 30.4 Å². The van der Waals surface area contributed by atoms with Crippen LogP contribution < -0.4 is 0 Å². The number of rotatable bonds is 7. The molecule has 4 nitrogen and oxygen atoms in total. The Morgan fingerprint density at radius 2 is 1.75 bits per heavy atom. The molecule has 3 aromatic rings. The van der Waals surface area contributed by atoms with E-state index in [-0.39, 0.29) is 17.7 Å². The maximum atomic E-state index is 14.5. The Balaban J connectivity index is 1.70. The number of aliphatic hydroxyl groups is 1. The van der Waals surface area contributed by atoms with Crippen molar-refractivity contribution in [1.29, 1.82) is 0 Å². The number of nitrogens with zero attached hydrogens (tertiary/aromatic N) is 2. The second-order valence-electron chi connectivity index (χ2n) is 6.76. The van der Waals surface area contributed by atoms with Crippen LogP contribution in [0.25, 0.3) is 28.6 Å². The zero-order chi connectivity index (χ0) is 19.9. The molecule has 1 atom stereocenters. The van der Waals surface area contributed by atoms with Crippen molar-refractivity contribution in [2.24, 2.45) is 0 Å². The summed E-state index contributed by atoms with van der Waals surface area (Å²) in [6.45, 7) is 1.78. The van der Waals surface area contributed by atoms with Crippen LogP contribution in [0.1, 0.15) is 31.7 Å². The number of phenols is 1. The maximum Gasteiger partial charge on any atom is 0.159 e. The van der Waals surface area contributed by atoms with Gasteiger partial charge in [0.05, 0.1) is 6.10 Å². The topological polar surface area (TPSA) is 66.2 Å². The maximum absolute atomic E-state index is 14.5. The Bertz CT molecular complexity index is 936. The van der Waals surface area contributed by atoms with Gasteiger partial charge in [0, 0.05) is 29.1 Å². The Morgan fingerprint density at radius 1 is 1.04 bits per heavy atom. The number of aromatic nitrogens is 2. The number of phenolic OH excluding ortho intramolecular Hbond substituents is 1. The van der Waals surface area contributed by atoms with Crippen LogP contribution in [0.5, 0.6) is 5.75 Å². The van der Waals surface area contributed by atoms with Crippen molar-refractivity contribution >= 4 is 6.08 Å². The Hall–Kier alpha value is -3.05. The number of aromatic hydroxyl groups is 1. The largest absolute Gasteiger partial charge is 0.508 e. The summed E-state index contributed by atoms with van der Waals surface area (Å²) in [4.78, 5) is 8.62. The van der Waals surface area contributed by atoms with Crippen molar-refractivity contribution in [2.45, 2.75) is 32.3 Å². The molecule has 0 spiro atoms. The van der Waals surface area contributed by atoms with E-state index in [0.29, 0.717) is 17.0 Å². The molecule has 28 heavy (non-hydrogen) atoms. The van der Waals surface area contributed by atoms with E-state index in [4.69, 9.17) is 0 Å². The fourth-order valence-corrected chi connectivity index (χ4v) is 2.85. The number of allylic oxidation sites excluding steroid dienone is 1. The predicted molar refractivity (Wildman–Crippen MR) is 109 cm³/mol. The molecule has 0 aliphatic rings. The average Bonchev–Trinajstić information content (AvgIpc) is 2.68. The van der Waals surface area contributed by atoms with E-state index in [9.17, 15) is 14.6 Å². The van der Waals surface area contributed by atoms with Gasteiger partial charge >= 0.3 is 0 Å². The number of hydrogen-bond acceptors (Lipinski definition) is 4. The Kier molecular flexibility index (Phi) is 6.50. The highest BCUT2D eigenvalue weighted by molar-refractivity contribution is 5.66. The molecule has 0 fully saturated rings. The Morgan fingerprint density at radius 3 is 2.39 bits per heavy atom. The van der Waals surface area contributed by atoms with Crippen LogP contribution in [-0.2, 0) is 0 Å². The van der Waals surface area contributed by atoms with Crippen molar-refractivity contribution in [2.75, 3.05) is 0 Å². The van der Waals surface area contributed by atoms with Crippen LogP contribution in [0.3, 0.4) is 0 Å². The van der Waals surface area contributed by atoms with Gasteiger partial charge in [-0.1, -0.05) is 24.3 Å². The quantitative estimate of drug-likeness (QED) is 0.553. The summed E-state index contributed by atoms with van der Waals surface area (Å²) in [7, 11) is 0. The summed E-state index contributed by atoms with van der Waals surface area (Å²) in [6.07, 6.45) is 9.30. The van der Waals surface area contributed by atoms with Gasteiger partial charge < -0.3 is 10.2 Å². The normalized spacial score (nSPS) is 12.4. The van der Waals surface area contributed by atoms with Gasteiger partial charge in [0.15, 0.2) is 5.82 Å². The lowest BCUT2D eigenvalue weighted by atomic mass is 10.0. The molecule has 0 bridgehead atoms. The van der Waals surface area contributed by atoms with E-state index in [1.165, 1.54) is 6.07 Å². The van der Waals surface area contributed by atoms with E-state index in [1.807, 2.05) is 18.2 Å². The van der Waals surface area contributed by atoms with Crippen LogP contribution in [-0.4, -0.2) is 26.3 Å². The number of hydrogen-bond donors (Lipinski definition) is 2. The monoisotopic (exact) mass is 378 g/mol. The second kappa shape index (κ2) is 9.24. The smallest absolute Gasteiger partial charge is 0.159 e. The van der Waals surface area contributed by atoms with Gasteiger partial charge in [-0.25, -0.2) is 14.4 Å². The molecule has 2 N–H and O–H groups in total. The molecule has 0 radical (unpaired) electrons. The summed E-state index contributed by atoms with van der Waals surface area (Å²) in [5.41, 5.74) is 2.62. The first-order valence-electron chi connectivity index (χ1n) is 9.29. The molecule has 1 heterocycles. The first-order valence-corrected chi connectivity index (χ1v) is 9.29. The predicted octanol–water partition coefficient (Wildman–Crippen LogP) is 5.22. The zero-order valence-corrected chi connectivity index (χ0v) is 15.7. The highest BCUT2D eigenvalue weighted by atomic mass is 19.1. The van der Waals surface area contributed by atoms with Crippen molar-refractivity contribution in [1.82, 2.24) is 9.97 Å². The molecule has 5 heteroatoms. The van der Waals surface area contributed by atoms with Gasteiger partial charge in [-0.05, 0) is 62.1 Å². The van der Waals surface area contributed by atoms with Crippen molar-refractivity contribution in [3.63, 3.8) is 0 Å². The third-order valence-corrected chi connectivity index (χ3v) is 4.38. The lowest BCUT2D eigenvalue weighted by molar-refractivity contribution is 0.182. The van der Waals surface area contributed by atoms with Crippen LogP contribution in [0, 0.1) is 5.82 Å². The molecule has 3 rings (SSSR count). The van der Waals surface area contributed by atoms with Gasteiger partial charge in [0.2, 0.25) is 0 Å². The van der Waals surface area contributed by atoms with E-state index in [2.05, 4.69) is 9.97 Å². The number of halogens is 1. The lowest BCUT2D eigenvalue weighted by Crippen LogP contribution is -1.97. The van der Waals surface area contributed by atoms with Gasteiger partial charge in [-0.2, -0.15) is 0 Å². The summed E-state index contributed by atoms with van der Waals surface area (Å²) in [5.74, 6) is 0.368. The average molecular weight is 378 g/mol. The number of unbranched alkanes of at least 4 members (excludes halogenated alkanes) is 1. The van der Waals surface area contributed by atoms with Gasteiger partial charge in [-0.15, -0.1) is 0 Å². The first-order chi connectivity index (χ1) is 13.5. The fraction of sp³-hybridized carbons (Fsp3) is 0.217. The lowest BCUT2D eigenvalue weighted by Gasteiger charge is -2.06. The molecular formula is C23H23FN2O2. The molecule has 0 saturated heterocycles. The SMILES string of the molecule is CC(O)CCCC=Cc1ccc(-c2cnc(-c3ccc(O)cc3)nc2)c(F)c1.